The van der Waals surface area contributed by atoms with E-state index in [2.05, 4.69) is 10.1 Å². The van der Waals surface area contributed by atoms with Crippen LogP contribution in [0.5, 0.6) is 0 Å². The van der Waals surface area contributed by atoms with E-state index in [-0.39, 0.29) is 5.54 Å². The largest absolute Gasteiger partial charge is 0.465 e. The average molecular weight is 231 g/mol. The summed E-state index contributed by atoms with van der Waals surface area (Å²) in [5, 5.41) is 3.92. The van der Waals surface area contributed by atoms with Gasteiger partial charge in [0.25, 0.3) is 5.89 Å². The number of rotatable bonds is 3. The second kappa shape index (κ2) is 3.85. The van der Waals surface area contributed by atoms with Crippen molar-refractivity contribution in [2.75, 3.05) is 0 Å². The van der Waals surface area contributed by atoms with Crippen LogP contribution in [0, 0.1) is 0 Å². The topological polar surface area (TPSA) is 78.1 Å². The molecule has 0 saturated heterocycles. The Morgan fingerprint density at radius 2 is 2.24 bits per heavy atom. The van der Waals surface area contributed by atoms with Gasteiger partial charge in [-0.2, -0.15) is 4.98 Å². The number of nitrogens with zero attached hydrogens (tertiary/aromatic N) is 2. The highest BCUT2D eigenvalue weighted by atomic mass is 16.5. The van der Waals surface area contributed by atoms with E-state index < -0.39 is 0 Å². The van der Waals surface area contributed by atoms with Crippen LogP contribution in [0.1, 0.15) is 36.7 Å². The molecule has 0 spiro atoms. The van der Waals surface area contributed by atoms with Gasteiger partial charge in [-0.15, -0.1) is 0 Å². The van der Waals surface area contributed by atoms with E-state index in [4.69, 9.17) is 14.7 Å². The molecule has 1 aliphatic carbocycles. The van der Waals surface area contributed by atoms with Crippen molar-refractivity contribution in [1.82, 2.24) is 10.1 Å². The average Bonchev–Trinajstić information content (AvgIpc) is 2.94. The van der Waals surface area contributed by atoms with Gasteiger partial charge in [0.05, 0.1) is 11.8 Å². The summed E-state index contributed by atoms with van der Waals surface area (Å²) in [5.74, 6) is 1.80. The van der Waals surface area contributed by atoms with E-state index in [1.165, 1.54) is 0 Å². The molecule has 1 aliphatic rings. The molecule has 0 bridgehead atoms. The Kier molecular flexibility index (Phi) is 2.33. The fraction of sp³-hybridized carbons (Fsp3) is 0.333. The summed E-state index contributed by atoms with van der Waals surface area (Å²) in [6, 6.07) is 3.67. The lowest BCUT2D eigenvalue weighted by Gasteiger charge is -2.34. The zero-order valence-electron chi connectivity index (χ0n) is 9.30. The third-order valence-corrected chi connectivity index (χ3v) is 3.07. The molecule has 5 nitrogen and oxygen atoms in total. The number of nitrogens with two attached hydrogens (primary N) is 1. The molecule has 0 amide bonds. The van der Waals surface area contributed by atoms with Crippen LogP contribution in [0.4, 0.5) is 0 Å². The molecule has 1 fully saturated rings. The molecule has 0 aliphatic heterocycles. The SMILES string of the molecule is NC1(c2noc(/C=C/c3ccco3)n2)CCC1. The summed E-state index contributed by atoms with van der Waals surface area (Å²) >= 11 is 0. The summed E-state index contributed by atoms with van der Waals surface area (Å²) < 4.78 is 10.3. The first-order valence-corrected chi connectivity index (χ1v) is 5.61. The summed E-state index contributed by atoms with van der Waals surface area (Å²) in [6.45, 7) is 0. The molecule has 17 heavy (non-hydrogen) atoms. The fourth-order valence-corrected chi connectivity index (χ4v) is 1.83. The maximum Gasteiger partial charge on any atom is 0.250 e. The minimum atomic E-state index is -0.375. The Balaban J connectivity index is 1.77. The Hall–Kier alpha value is -1.88. The van der Waals surface area contributed by atoms with Crippen molar-refractivity contribution in [2.24, 2.45) is 5.73 Å². The first-order chi connectivity index (χ1) is 8.26. The minimum Gasteiger partial charge on any atom is -0.465 e. The van der Waals surface area contributed by atoms with Gasteiger partial charge in [-0.1, -0.05) is 5.16 Å². The van der Waals surface area contributed by atoms with Crippen LogP contribution < -0.4 is 5.73 Å². The lowest BCUT2D eigenvalue weighted by Crippen LogP contribution is -2.44. The summed E-state index contributed by atoms with van der Waals surface area (Å²) in [5.41, 5.74) is 5.73. The molecule has 88 valence electrons. The predicted molar refractivity (Wildman–Crippen MR) is 61.7 cm³/mol. The van der Waals surface area contributed by atoms with E-state index in [1.54, 1.807) is 18.4 Å². The zero-order chi connectivity index (χ0) is 11.7. The molecule has 2 aromatic heterocycles. The number of hydrogen-bond acceptors (Lipinski definition) is 5. The molecule has 0 atom stereocenters. The summed E-state index contributed by atoms with van der Waals surface area (Å²) in [4.78, 5) is 4.27. The standard InChI is InChI=1S/C12H13N3O2/c13-12(6-2-7-12)11-14-10(17-15-11)5-4-9-3-1-8-16-9/h1,3-5,8H,2,6-7,13H2/b5-4+. The lowest BCUT2D eigenvalue weighted by atomic mass is 9.77. The number of furan rings is 1. The van der Waals surface area contributed by atoms with Gasteiger partial charge in [0.2, 0.25) is 0 Å². The first-order valence-electron chi connectivity index (χ1n) is 5.61. The van der Waals surface area contributed by atoms with E-state index >= 15 is 0 Å². The fourth-order valence-electron chi connectivity index (χ4n) is 1.83. The van der Waals surface area contributed by atoms with E-state index in [9.17, 15) is 0 Å². The second-order valence-corrected chi connectivity index (χ2v) is 4.31. The molecule has 2 heterocycles. The molecular formula is C12H13N3O2. The van der Waals surface area contributed by atoms with E-state index in [1.807, 2.05) is 12.1 Å². The van der Waals surface area contributed by atoms with Crippen LogP contribution in [-0.4, -0.2) is 10.1 Å². The molecule has 0 unspecified atom stereocenters. The Labute approximate surface area is 98.3 Å². The highest BCUT2D eigenvalue weighted by Gasteiger charge is 2.38. The molecule has 2 aromatic rings. The Morgan fingerprint density at radius 1 is 1.35 bits per heavy atom. The summed E-state index contributed by atoms with van der Waals surface area (Å²) in [6.07, 6.45) is 8.09. The normalized spacial score (nSPS) is 18.4. The molecule has 0 radical (unpaired) electrons. The van der Waals surface area contributed by atoms with Crippen molar-refractivity contribution in [3.05, 3.63) is 35.9 Å². The number of aromatic nitrogens is 2. The lowest BCUT2D eigenvalue weighted by molar-refractivity contribution is 0.229. The van der Waals surface area contributed by atoms with Crippen molar-refractivity contribution in [3.63, 3.8) is 0 Å². The molecule has 5 heteroatoms. The Morgan fingerprint density at radius 3 is 2.88 bits per heavy atom. The van der Waals surface area contributed by atoms with Crippen molar-refractivity contribution in [2.45, 2.75) is 24.8 Å². The smallest absolute Gasteiger partial charge is 0.250 e. The van der Waals surface area contributed by atoms with Crippen LogP contribution >= 0.6 is 0 Å². The third kappa shape index (κ3) is 1.89. The van der Waals surface area contributed by atoms with Gasteiger partial charge in [-0.05, 0) is 37.5 Å². The van der Waals surface area contributed by atoms with Crippen LogP contribution in [-0.2, 0) is 5.54 Å². The van der Waals surface area contributed by atoms with Crippen molar-refractivity contribution in [1.29, 1.82) is 0 Å². The van der Waals surface area contributed by atoms with Crippen molar-refractivity contribution >= 4 is 12.2 Å². The predicted octanol–water partition coefficient (Wildman–Crippen LogP) is 2.17. The van der Waals surface area contributed by atoms with Crippen LogP contribution in [0.2, 0.25) is 0 Å². The third-order valence-electron chi connectivity index (χ3n) is 3.07. The van der Waals surface area contributed by atoms with Gasteiger partial charge >= 0.3 is 0 Å². The van der Waals surface area contributed by atoms with Gasteiger partial charge in [-0.3, -0.25) is 0 Å². The van der Waals surface area contributed by atoms with Crippen LogP contribution in [0.3, 0.4) is 0 Å². The monoisotopic (exact) mass is 231 g/mol. The van der Waals surface area contributed by atoms with E-state index in [0.29, 0.717) is 11.7 Å². The van der Waals surface area contributed by atoms with Gasteiger partial charge in [0, 0.05) is 6.08 Å². The molecule has 2 N–H and O–H groups in total. The molecular weight excluding hydrogens is 218 g/mol. The van der Waals surface area contributed by atoms with Crippen molar-refractivity contribution in [3.8, 4) is 0 Å². The summed E-state index contributed by atoms with van der Waals surface area (Å²) in [7, 11) is 0. The maximum absolute atomic E-state index is 6.10. The number of hydrogen-bond donors (Lipinski definition) is 1. The Bertz CT molecular complexity index is 524. The quantitative estimate of drug-likeness (QED) is 0.875. The van der Waals surface area contributed by atoms with Gasteiger partial charge in [-0.25, -0.2) is 0 Å². The van der Waals surface area contributed by atoms with Crippen molar-refractivity contribution < 1.29 is 8.94 Å². The highest BCUT2D eigenvalue weighted by molar-refractivity contribution is 5.62. The molecule has 0 aromatic carbocycles. The highest BCUT2D eigenvalue weighted by Crippen LogP contribution is 2.36. The minimum absolute atomic E-state index is 0.375. The maximum atomic E-state index is 6.10. The molecule has 1 saturated carbocycles. The first kappa shape index (κ1) is 10.3. The van der Waals surface area contributed by atoms with Gasteiger partial charge in [0.15, 0.2) is 5.82 Å². The van der Waals surface area contributed by atoms with Gasteiger partial charge in [0.1, 0.15) is 5.76 Å². The molecule has 3 rings (SSSR count). The van der Waals surface area contributed by atoms with Gasteiger partial charge < -0.3 is 14.7 Å². The van der Waals surface area contributed by atoms with Crippen LogP contribution in [0.25, 0.3) is 12.2 Å². The van der Waals surface area contributed by atoms with E-state index in [0.717, 1.165) is 25.0 Å². The second-order valence-electron chi connectivity index (χ2n) is 4.31. The zero-order valence-corrected chi connectivity index (χ0v) is 9.30. The van der Waals surface area contributed by atoms with Crippen LogP contribution in [0.15, 0.2) is 27.3 Å².